The van der Waals surface area contributed by atoms with Crippen LogP contribution < -0.4 is 4.74 Å². The maximum atomic E-state index is 6.95. The van der Waals surface area contributed by atoms with Crippen molar-refractivity contribution in [2.75, 3.05) is 0 Å². The lowest BCUT2D eigenvalue weighted by atomic mass is 10.2. The molecule has 15 heavy (non-hydrogen) atoms. The minimum absolute atomic E-state index is 0.153. The quantitative estimate of drug-likeness (QED) is 0.688. The predicted molar refractivity (Wildman–Crippen MR) is 62.8 cm³/mol. The van der Waals surface area contributed by atoms with E-state index >= 15 is 0 Å². The van der Waals surface area contributed by atoms with Crippen molar-refractivity contribution in [1.82, 2.24) is 0 Å². The fraction of sp³-hybridized carbons (Fsp3) is 0.385. The van der Waals surface area contributed by atoms with E-state index in [0.717, 1.165) is 11.3 Å². The fourth-order valence-electron chi connectivity index (χ4n) is 1.26. The molecule has 1 rings (SSSR count). The zero-order valence-corrected chi connectivity index (χ0v) is 9.44. The van der Waals surface area contributed by atoms with Crippen LogP contribution in [0.3, 0.4) is 0 Å². The van der Waals surface area contributed by atoms with Crippen LogP contribution in [0.25, 0.3) is 6.08 Å². The maximum Gasteiger partial charge on any atom is 0.197 e. The van der Waals surface area contributed by atoms with Gasteiger partial charge in [0.15, 0.2) is 6.29 Å². The molecular formula is C13H18O2. The van der Waals surface area contributed by atoms with Crippen LogP contribution in [0, 0.1) is 0 Å². The van der Waals surface area contributed by atoms with E-state index in [2.05, 4.69) is 0 Å². The first-order valence-corrected chi connectivity index (χ1v) is 5.09. The Morgan fingerprint density at radius 2 is 1.93 bits per heavy atom. The molecule has 0 heterocycles. The molecule has 2 heteroatoms. The van der Waals surface area contributed by atoms with Crippen molar-refractivity contribution < 1.29 is 10.8 Å². The van der Waals surface area contributed by atoms with E-state index in [0.29, 0.717) is 0 Å². The number of benzene rings is 1. The Morgan fingerprint density at radius 1 is 1.27 bits per heavy atom. The van der Waals surface area contributed by atoms with Gasteiger partial charge in [-0.1, -0.05) is 24.8 Å². The molecule has 0 radical (unpaired) electrons. The van der Waals surface area contributed by atoms with Gasteiger partial charge in [-0.3, -0.25) is 0 Å². The van der Waals surface area contributed by atoms with E-state index in [1.807, 2.05) is 45.0 Å². The Hall–Kier alpha value is -1.28. The van der Waals surface area contributed by atoms with E-state index in [-0.39, 0.29) is 12.4 Å². The molecule has 2 nitrogen and oxygen atoms in total. The monoisotopic (exact) mass is 207 g/mol. The molecule has 82 valence electrons. The van der Waals surface area contributed by atoms with Crippen LogP contribution in [-0.2, 0) is 4.74 Å². The van der Waals surface area contributed by atoms with Gasteiger partial charge in [0.1, 0.15) is 5.75 Å². The van der Waals surface area contributed by atoms with Crippen LogP contribution in [0.4, 0.5) is 0 Å². The highest BCUT2D eigenvalue weighted by atomic mass is 16.7. The molecule has 1 aromatic carbocycles. The van der Waals surface area contributed by atoms with Crippen LogP contribution in [0.15, 0.2) is 30.8 Å². The van der Waals surface area contributed by atoms with Crippen LogP contribution in [0.5, 0.6) is 5.75 Å². The third kappa shape index (κ3) is 4.17. The predicted octanol–water partition coefficient (Wildman–Crippen LogP) is 3.48. The summed E-state index contributed by atoms with van der Waals surface area (Å²) in [5.74, 6) is 0.773. The van der Waals surface area contributed by atoms with Gasteiger partial charge in [0.25, 0.3) is 0 Å². The molecule has 1 unspecified atom stereocenters. The second-order valence-corrected chi connectivity index (χ2v) is 3.61. The Balaban J connectivity index is 2.54. The summed E-state index contributed by atoms with van der Waals surface area (Å²) >= 11 is 0. The summed E-state index contributed by atoms with van der Waals surface area (Å²) in [6, 6.07) is 7.55. The Kier molecular flexibility index (Phi) is 3.80. The summed E-state index contributed by atoms with van der Waals surface area (Å²) in [5.41, 5.74) is 0.986. The molecule has 0 saturated heterocycles. The second-order valence-electron chi connectivity index (χ2n) is 3.61. The summed E-state index contributed by atoms with van der Waals surface area (Å²) in [7, 11) is 0. The molecule has 0 fully saturated rings. The van der Waals surface area contributed by atoms with Crippen molar-refractivity contribution in [3.8, 4) is 5.75 Å². The number of rotatable bonds is 5. The minimum Gasteiger partial charge on any atom is -0.465 e. The van der Waals surface area contributed by atoms with Gasteiger partial charge >= 0.3 is 0 Å². The zero-order valence-electron chi connectivity index (χ0n) is 10.4. The van der Waals surface area contributed by atoms with Crippen molar-refractivity contribution in [2.24, 2.45) is 0 Å². The van der Waals surface area contributed by atoms with Gasteiger partial charge < -0.3 is 9.47 Å². The lowest BCUT2D eigenvalue weighted by molar-refractivity contribution is -0.0950. The maximum absolute atomic E-state index is 6.95. The van der Waals surface area contributed by atoms with Crippen molar-refractivity contribution >= 4 is 6.08 Å². The molecule has 0 spiro atoms. The number of ether oxygens (including phenoxy) is 2. The average molecular weight is 207 g/mol. The molecule has 0 aromatic heterocycles. The highest BCUT2D eigenvalue weighted by Crippen LogP contribution is 2.15. The molecule has 1 atom stereocenters. The third-order valence-electron chi connectivity index (χ3n) is 1.84. The van der Waals surface area contributed by atoms with Gasteiger partial charge in [0.05, 0.1) is 7.47 Å². The van der Waals surface area contributed by atoms with E-state index in [4.69, 9.17) is 10.8 Å². The molecule has 0 aliphatic heterocycles. The lowest BCUT2D eigenvalue weighted by Crippen LogP contribution is -2.20. The minimum atomic E-state index is -0.252. The van der Waals surface area contributed by atoms with Gasteiger partial charge in [0.2, 0.25) is 0 Å². The van der Waals surface area contributed by atoms with E-state index in [1.165, 1.54) is 6.55 Å². The molecule has 1 aromatic rings. The SMILES string of the molecule is [2H]/C=C/c1ccc(OC(C)OC(C)C)cc1. The van der Waals surface area contributed by atoms with E-state index < -0.39 is 0 Å². The van der Waals surface area contributed by atoms with Crippen LogP contribution in [0.1, 0.15) is 27.7 Å². The highest BCUT2D eigenvalue weighted by Gasteiger charge is 2.05. The number of hydrogen-bond acceptors (Lipinski definition) is 2. The van der Waals surface area contributed by atoms with Crippen molar-refractivity contribution in [3.63, 3.8) is 0 Å². The van der Waals surface area contributed by atoms with Crippen LogP contribution in [-0.4, -0.2) is 12.4 Å². The molecule has 0 saturated carbocycles. The van der Waals surface area contributed by atoms with Gasteiger partial charge in [-0.15, -0.1) is 0 Å². The van der Waals surface area contributed by atoms with Crippen molar-refractivity contribution in [3.05, 3.63) is 36.4 Å². The lowest BCUT2D eigenvalue weighted by Gasteiger charge is -2.17. The van der Waals surface area contributed by atoms with E-state index in [1.54, 1.807) is 6.08 Å². The summed E-state index contributed by atoms with van der Waals surface area (Å²) in [6.07, 6.45) is 1.62. The van der Waals surface area contributed by atoms with Gasteiger partial charge in [-0.05, 0) is 38.5 Å². The molecule has 0 aliphatic carbocycles. The zero-order chi connectivity index (χ0) is 12.0. The molecular weight excluding hydrogens is 188 g/mol. The van der Waals surface area contributed by atoms with Gasteiger partial charge in [0, 0.05) is 0 Å². The van der Waals surface area contributed by atoms with Gasteiger partial charge in [-0.25, -0.2) is 0 Å². The van der Waals surface area contributed by atoms with Crippen molar-refractivity contribution in [1.29, 1.82) is 0 Å². The first-order valence-electron chi connectivity index (χ1n) is 5.66. The first kappa shape index (κ1) is 10.2. The van der Waals surface area contributed by atoms with Crippen LogP contribution >= 0.6 is 0 Å². The molecule has 0 aliphatic rings. The summed E-state index contributed by atoms with van der Waals surface area (Å²) in [6.45, 7) is 7.09. The topological polar surface area (TPSA) is 18.5 Å². The normalized spacial score (nSPS) is 14.3. The standard InChI is InChI=1S/C13H18O2/c1-5-12-6-8-13(9-7-12)15-11(4)14-10(2)3/h5-11H,1H2,2-4H3/i1D/b5-1+. The fourth-order valence-corrected chi connectivity index (χ4v) is 1.26. The summed E-state index contributed by atoms with van der Waals surface area (Å²) in [4.78, 5) is 0. The largest absolute Gasteiger partial charge is 0.465 e. The molecule has 0 amide bonds. The Labute approximate surface area is 92.9 Å². The van der Waals surface area contributed by atoms with E-state index in [9.17, 15) is 0 Å². The first-order chi connectivity index (χ1) is 7.61. The number of hydrogen-bond donors (Lipinski definition) is 0. The molecule has 0 N–H and O–H groups in total. The highest BCUT2D eigenvalue weighted by molar-refractivity contribution is 5.48. The van der Waals surface area contributed by atoms with Gasteiger partial charge in [-0.2, -0.15) is 0 Å². The summed E-state index contributed by atoms with van der Waals surface area (Å²) in [5, 5.41) is 0. The van der Waals surface area contributed by atoms with Crippen molar-refractivity contribution in [2.45, 2.75) is 33.2 Å². The van der Waals surface area contributed by atoms with Crippen LogP contribution in [0.2, 0.25) is 0 Å². The second kappa shape index (κ2) is 5.56. The summed E-state index contributed by atoms with van der Waals surface area (Å²) < 4.78 is 18.0. The Bertz CT molecular complexity index is 330. The average Bonchev–Trinajstić information content (AvgIpc) is 2.20. The smallest absolute Gasteiger partial charge is 0.197 e. The Morgan fingerprint density at radius 3 is 2.47 bits per heavy atom. The third-order valence-corrected chi connectivity index (χ3v) is 1.84. The molecule has 0 bridgehead atoms.